The van der Waals surface area contributed by atoms with Crippen molar-refractivity contribution in [2.24, 2.45) is 0 Å². The second-order valence-corrected chi connectivity index (χ2v) is 5.19. The maximum absolute atomic E-state index is 13.1. The number of hydrogen-bond donors (Lipinski definition) is 1. The Morgan fingerprint density at radius 3 is 2.84 bits per heavy atom. The fourth-order valence-corrected chi connectivity index (χ4v) is 2.20. The van der Waals surface area contributed by atoms with Crippen molar-refractivity contribution in [3.05, 3.63) is 75.6 Å². The molecule has 0 spiro atoms. The second-order valence-electron chi connectivity index (χ2n) is 5.19. The van der Waals surface area contributed by atoms with Gasteiger partial charge in [0.05, 0.1) is 23.7 Å². The molecular formula is C18H17FN2O4. The molecule has 0 unspecified atom stereocenters. The molecule has 6 nitrogen and oxygen atoms in total. The van der Waals surface area contributed by atoms with Crippen LogP contribution in [0.2, 0.25) is 0 Å². The topological polar surface area (TPSA) is 81.5 Å². The number of nitrogens with zero attached hydrogens (tertiary/aromatic N) is 1. The Balaban J connectivity index is 1.92. The lowest BCUT2D eigenvalue weighted by Crippen LogP contribution is -2.23. The van der Waals surface area contributed by atoms with E-state index in [-0.39, 0.29) is 17.2 Å². The van der Waals surface area contributed by atoms with Gasteiger partial charge < -0.3 is 10.1 Å². The van der Waals surface area contributed by atoms with E-state index < -0.39 is 10.7 Å². The lowest BCUT2D eigenvalue weighted by Gasteiger charge is -2.05. The molecule has 1 amide bonds. The molecule has 7 heteroatoms. The van der Waals surface area contributed by atoms with E-state index in [2.05, 4.69) is 5.32 Å². The first-order valence-electron chi connectivity index (χ1n) is 7.52. The van der Waals surface area contributed by atoms with E-state index in [1.165, 1.54) is 18.2 Å². The number of halogens is 1. The SMILES string of the molecule is COc1cccc(CCNC(=O)C=Cc2ccc(F)cc2[N+](=O)[O-])c1. The Morgan fingerprint density at radius 2 is 2.12 bits per heavy atom. The fraction of sp³-hybridized carbons (Fsp3) is 0.167. The zero-order chi connectivity index (χ0) is 18.2. The summed E-state index contributed by atoms with van der Waals surface area (Å²) in [6.07, 6.45) is 3.09. The van der Waals surface area contributed by atoms with Gasteiger partial charge in [-0.25, -0.2) is 4.39 Å². The molecule has 2 aromatic carbocycles. The molecule has 0 saturated carbocycles. The number of carbonyl (C=O) groups is 1. The van der Waals surface area contributed by atoms with Crippen LogP contribution in [0.25, 0.3) is 6.08 Å². The molecule has 0 fully saturated rings. The number of benzene rings is 2. The summed E-state index contributed by atoms with van der Waals surface area (Å²) in [5.74, 6) is -0.347. The molecule has 0 aliphatic heterocycles. The van der Waals surface area contributed by atoms with E-state index in [1.54, 1.807) is 7.11 Å². The number of methoxy groups -OCH3 is 1. The first kappa shape index (κ1) is 18.1. The summed E-state index contributed by atoms with van der Waals surface area (Å²) in [7, 11) is 1.58. The molecule has 1 N–H and O–H groups in total. The third-order valence-electron chi connectivity index (χ3n) is 3.45. The highest BCUT2D eigenvalue weighted by molar-refractivity contribution is 5.92. The average Bonchev–Trinajstić information content (AvgIpc) is 2.60. The van der Waals surface area contributed by atoms with Gasteiger partial charge in [0, 0.05) is 12.6 Å². The lowest BCUT2D eigenvalue weighted by atomic mass is 10.1. The largest absolute Gasteiger partial charge is 0.497 e. The highest BCUT2D eigenvalue weighted by Gasteiger charge is 2.12. The van der Waals surface area contributed by atoms with Gasteiger partial charge in [-0.1, -0.05) is 12.1 Å². The maximum atomic E-state index is 13.1. The molecule has 0 aliphatic rings. The first-order chi connectivity index (χ1) is 12.0. The molecule has 0 aromatic heterocycles. The van der Waals surface area contributed by atoms with Crippen molar-refractivity contribution in [3.63, 3.8) is 0 Å². The molecule has 0 atom stereocenters. The summed E-state index contributed by atoms with van der Waals surface area (Å²) in [4.78, 5) is 22.0. The van der Waals surface area contributed by atoms with Crippen LogP contribution in [0.3, 0.4) is 0 Å². The number of nitro groups is 1. The smallest absolute Gasteiger partial charge is 0.279 e. The average molecular weight is 344 g/mol. The van der Waals surface area contributed by atoms with Crippen LogP contribution in [-0.4, -0.2) is 24.5 Å². The van der Waals surface area contributed by atoms with Crippen molar-refractivity contribution < 1.29 is 18.8 Å². The van der Waals surface area contributed by atoms with Crippen molar-refractivity contribution >= 4 is 17.7 Å². The summed E-state index contributed by atoms with van der Waals surface area (Å²) in [6, 6.07) is 10.7. The molecule has 0 saturated heterocycles. The van der Waals surface area contributed by atoms with Gasteiger partial charge in [0.1, 0.15) is 11.6 Å². The number of amides is 1. The molecule has 0 heterocycles. The summed E-state index contributed by atoms with van der Waals surface area (Å²) >= 11 is 0. The Kier molecular flexibility index (Phi) is 6.22. The Bertz CT molecular complexity index is 805. The zero-order valence-electron chi connectivity index (χ0n) is 13.6. The Morgan fingerprint density at radius 1 is 1.32 bits per heavy atom. The van der Waals surface area contributed by atoms with Gasteiger partial charge in [-0.05, 0) is 42.3 Å². The highest BCUT2D eigenvalue weighted by atomic mass is 19.1. The van der Waals surface area contributed by atoms with E-state index in [9.17, 15) is 19.3 Å². The summed E-state index contributed by atoms with van der Waals surface area (Å²) in [6.45, 7) is 0.405. The standard InChI is InChI=1S/C18H17FN2O4/c1-25-16-4-2-3-13(11-16)9-10-20-18(22)8-6-14-5-7-15(19)12-17(14)21(23)24/h2-8,11-12H,9-10H2,1H3,(H,20,22). The minimum atomic E-state index is -0.702. The summed E-state index contributed by atoms with van der Waals surface area (Å²) < 4.78 is 18.2. The van der Waals surface area contributed by atoms with Crippen LogP contribution in [0.15, 0.2) is 48.5 Å². The van der Waals surface area contributed by atoms with E-state index in [0.29, 0.717) is 13.0 Å². The molecular weight excluding hydrogens is 327 g/mol. The van der Waals surface area contributed by atoms with Crippen LogP contribution >= 0.6 is 0 Å². The van der Waals surface area contributed by atoms with Crippen LogP contribution in [0.5, 0.6) is 5.75 Å². The lowest BCUT2D eigenvalue weighted by molar-refractivity contribution is -0.385. The monoisotopic (exact) mass is 344 g/mol. The molecule has 2 rings (SSSR count). The van der Waals surface area contributed by atoms with Gasteiger partial charge in [-0.15, -0.1) is 0 Å². The Hall–Kier alpha value is -3.22. The molecule has 2 aromatic rings. The molecule has 130 valence electrons. The van der Waals surface area contributed by atoms with Crippen molar-refractivity contribution in [1.29, 1.82) is 0 Å². The zero-order valence-corrected chi connectivity index (χ0v) is 13.6. The van der Waals surface area contributed by atoms with Crippen molar-refractivity contribution in [1.82, 2.24) is 5.32 Å². The highest BCUT2D eigenvalue weighted by Crippen LogP contribution is 2.21. The van der Waals surface area contributed by atoms with E-state index >= 15 is 0 Å². The minimum absolute atomic E-state index is 0.161. The number of rotatable bonds is 7. The number of nitro benzene ring substituents is 1. The minimum Gasteiger partial charge on any atom is -0.497 e. The van der Waals surface area contributed by atoms with Crippen LogP contribution < -0.4 is 10.1 Å². The number of ether oxygens (including phenoxy) is 1. The van der Waals surface area contributed by atoms with Crippen molar-refractivity contribution in [2.75, 3.05) is 13.7 Å². The first-order valence-corrected chi connectivity index (χ1v) is 7.52. The quantitative estimate of drug-likeness (QED) is 0.475. The van der Waals surface area contributed by atoms with Crippen LogP contribution in [0.1, 0.15) is 11.1 Å². The van der Waals surface area contributed by atoms with Gasteiger partial charge in [0.25, 0.3) is 5.69 Å². The molecule has 0 radical (unpaired) electrons. The van der Waals surface area contributed by atoms with Crippen molar-refractivity contribution in [2.45, 2.75) is 6.42 Å². The third-order valence-corrected chi connectivity index (χ3v) is 3.45. The van der Waals surface area contributed by atoms with Gasteiger partial charge >= 0.3 is 0 Å². The number of nitrogens with one attached hydrogen (secondary N) is 1. The predicted molar refractivity (Wildman–Crippen MR) is 91.8 cm³/mol. The maximum Gasteiger partial charge on any atom is 0.279 e. The van der Waals surface area contributed by atoms with E-state index in [1.807, 2.05) is 24.3 Å². The van der Waals surface area contributed by atoms with Gasteiger partial charge in [-0.3, -0.25) is 14.9 Å². The number of carbonyl (C=O) groups excluding carboxylic acids is 1. The summed E-state index contributed by atoms with van der Waals surface area (Å²) in [5, 5.41) is 13.6. The second kappa shape index (κ2) is 8.58. The Labute approximate surface area is 144 Å². The predicted octanol–water partition coefficient (Wildman–Crippen LogP) is 3.11. The molecule has 0 bridgehead atoms. The fourth-order valence-electron chi connectivity index (χ4n) is 2.20. The van der Waals surface area contributed by atoms with Crippen LogP contribution in [-0.2, 0) is 11.2 Å². The van der Waals surface area contributed by atoms with Gasteiger partial charge in [-0.2, -0.15) is 0 Å². The third kappa shape index (κ3) is 5.42. The molecule has 25 heavy (non-hydrogen) atoms. The van der Waals surface area contributed by atoms with Crippen molar-refractivity contribution in [3.8, 4) is 5.75 Å². The number of hydrogen-bond acceptors (Lipinski definition) is 4. The van der Waals surface area contributed by atoms with E-state index in [4.69, 9.17) is 4.74 Å². The normalized spacial score (nSPS) is 10.6. The van der Waals surface area contributed by atoms with E-state index in [0.717, 1.165) is 23.4 Å². The summed E-state index contributed by atoms with van der Waals surface area (Å²) in [5.41, 5.74) is 0.785. The van der Waals surface area contributed by atoms with Gasteiger partial charge in [0.15, 0.2) is 0 Å². The van der Waals surface area contributed by atoms with Crippen LogP contribution in [0, 0.1) is 15.9 Å². The van der Waals surface area contributed by atoms with Crippen LogP contribution in [0.4, 0.5) is 10.1 Å². The molecule has 0 aliphatic carbocycles. The van der Waals surface area contributed by atoms with Gasteiger partial charge in [0.2, 0.25) is 5.91 Å².